The van der Waals surface area contributed by atoms with Crippen molar-refractivity contribution in [2.24, 2.45) is 0 Å². The number of halogens is 2. The Morgan fingerprint density at radius 2 is 1.50 bits per heavy atom. The molecule has 3 amide bonds. The fourth-order valence-corrected chi connectivity index (χ4v) is 3.40. The van der Waals surface area contributed by atoms with Gasteiger partial charge in [0.25, 0.3) is 11.8 Å². The molecule has 0 bridgehead atoms. The summed E-state index contributed by atoms with van der Waals surface area (Å²) in [6.07, 6.45) is 0.803. The molecule has 1 fully saturated rings. The fraction of sp³-hybridized carbons (Fsp3) is 0.348. The highest BCUT2D eigenvalue weighted by molar-refractivity contribution is 6.30. The molecule has 170 valence electrons. The SMILES string of the molecule is O=C(NCCCC(=O)N1CCN(C(=O)COc2ccc(Cl)cc2)CC1)c1ccc(F)cc1. The number of hydrogen-bond donors (Lipinski definition) is 1. The predicted octanol–water partition coefficient (Wildman–Crippen LogP) is 2.74. The lowest BCUT2D eigenvalue weighted by Crippen LogP contribution is -2.51. The van der Waals surface area contributed by atoms with Gasteiger partial charge in [-0.2, -0.15) is 0 Å². The first kappa shape index (κ1) is 23.5. The molecule has 2 aromatic rings. The number of nitrogens with zero attached hydrogens (tertiary/aromatic N) is 2. The average molecular weight is 462 g/mol. The first-order chi connectivity index (χ1) is 15.4. The van der Waals surface area contributed by atoms with E-state index in [0.717, 1.165) is 0 Å². The molecule has 32 heavy (non-hydrogen) atoms. The van der Waals surface area contributed by atoms with Crippen molar-refractivity contribution in [2.45, 2.75) is 12.8 Å². The number of benzene rings is 2. The Morgan fingerprint density at radius 3 is 2.12 bits per heavy atom. The number of ether oxygens (including phenoxy) is 1. The van der Waals surface area contributed by atoms with Crippen LogP contribution in [0.25, 0.3) is 0 Å². The van der Waals surface area contributed by atoms with E-state index >= 15 is 0 Å². The monoisotopic (exact) mass is 461 g/mol. The second-order valence-corrected chi connectivity index (χ2v) is 7.81. The topological polar surface area (TPSA) is 79.0 Å². The zero-order valence-corrected chi connectivity index (χ0v) is 18.3. The standard InChI is InChI=1S/C23H25ClFN3O4/c24-18-5-9-20(10-6-18)32-16-22(30)28-14-12-27(13-15-28)21(29)2-1-11-26-23(31)17-3-7-19(25)8-4-17/h3-10H,1-2,11-16H2,(H,26,31). The Hall–Kier alpha value is -3.13. The highest BCUT2D eigenvalue weighted by Crippen LogP contribution is 2.15. The molecule has 2 aromatic carbocycles. The van der Waals surface area contributed by atoms with Crippen molar-refractivity contribution < 1.29 is 23.5 Å². The second-order valence-electron chi connectivity index (χ2n) is 7.37. The van der Waals surface area contributed by atoms with Gasteiger partial charge in [-0.05, 0) is 55.0 Å². The summed E-state index contributed by atoms with van der Waals surface area (Å²) in [5.74, 6) is -0.266. The average Bonchev–Trinajstić information content (AvgIpc) is 2.81. The second kappa shape index (κ2) is 11.5. The van der Waals surface area contributed by atoms with E-state index in [1.807, 2.05) is 0 Å². The van der Waals surface area contributed by atoms with Gasteiger partial charge < -0.3 is 19.9 Å². The van der Waals surface area contributed by atoms with Gasteiger partial charge in [-0.1, -0.05) is 11.6 Å². The summed E-state index contributed by atoms with van der Waals surface area (Å²) in [4.78, 5) is 40.1. The zero-order valence-electron chi connectivity index (χ0n) is 17.6. The van der Waals surface area contributed by atoms with Crippen LogP contribution >= 0.6 is 11.6 Å². The van der Waals surface area contributed by atoms with Crippen LogP contribution in [0, 0.1) is 5.82 Å². The number of piperazine rings is 1. The lowest BCUT2D eigenvalue weighted by Gasteiger charge is -2.34. The first-order valence-corrected chi connectivity index (χ1v) is 10.8. The minimum absolute atomic E-state index is 0.00876. The molecule has 0 atom stereocenters. The van der Waals surface area contributed by atoms with Crippen LogP contribution < -0.4 is 10.1 Å². The van der Waals surface area contributed by atoms with Gasteiger partial charge >= 0.3 is 0 Å². The molecule has 3 rings (SSSR count). The third-order valence-electron chi connectivity index (χ3n) is 5.12. The molecule has 0 aromatic heterocycles. The van der Waals surface area contributed by atoms with Gasteiger partial charge in [0.15, 0.2) is 6.61 Å². The Kier molecular flexibility index (Phi) is 8.44. The minimum atomic E-state index is -0.400. The van der Waals surface area contributed by atoms with Gasteiger partial charge in [0, 0.05) is 49.7 Å². The van der Waals surface area contributed by atoms with Crippen LogP contribution in [0.1, 0.15) is 23.2 Å². The fourth-order valence-electron chi connectivity index (χ4n) is 3.28. The van der Waals surface area contributed by atoms with Crippen molar-refractivity contribution in [3.05, 3.63) is 64.9 Å². The van der Waals surface area contributed by atoms with E-state index < -0.39 is 5.82 Å². The van der Waals surface area contributed by atoms with Gasteiger partial charge in [0.2, 0.25) is 5.91 Å². The van der Waals surface area contributed by atoms with E-state index in [4.69, 9.17) is 16.3 Å². The van der Waals surface area contributed by atoms with Gasteiger partial charge in [-0.25, -0.2) is 4.39 Å². The number of carbonyl (C=O) groups is 3. The van der Waals surface area contributed by atoms with Crippen molar-refractivity contribution in [1.29, 1.82) is 0 Å². The molecule has 9 heteroatoms. The number of rotatable bonds is 8. The number of nitrogens with one attached hydrogen (secondary N) is 1. The van der Waals surface area contributed by atoms with E-state index in [1.54, 1.807) is 34.1 Å². The van der Waals surface area contributed by atoms with Crippen LogP contribution in [0.15, 0.2) is 48.5 Å². The van der Waals surface area contributed by atoms with Crippen LogP contribution in [0.3, 0.4) is 0 Å². The summed E-state index contributed by atoms with van der Waals surface area (Å²) >= 11 is 5.83. The van der Waals surface area contributed by atoms with Crippen LogP contribution in [0.2, 0.25) is 5.02 Å². The van der Waals surface area contributed by atoms with Crippen LogP contribution in [0.5, 0.6) is 5.75 Å². The van der Waals surface area contributed by atoms with Gasteiger partial charge in [-0.3, -0.25) is 14.4 Å². The molecular formula is C23H25ClFN3O4. The van der Waals surface area contributed by atoms with Crippen LogP contribution in [-0.4, -0.2) is 66.9 Å². The Balaban J connectivity index is 1.31. The molecule has 1 heterocycles. The smallest absolute Gasteiger partial charge is 0.260 e. The first-order valence-electron chi connectivity index (χ1n) is 10.4. The summed E-state index contributed by atoms with van der Waals surface area (Å²) in [6.45, 7) is 2.12. The lowest BCUT2D eigenvalue weighted by atomic mass is 10.2. The third-order valence-corrected chi connectivity index (χ3v) is 5.37. The summed E-state index contributed by atoms with van der Waals surface area (Å²) in [5.41, 5.74) is 0.374. The molecular weight excluding hydrogens is 437 g/mol. The molecule has 7 nitrogen and oxygen atoms in total. The maximum Gasteiger partial charge on any atom is 0.260 e. The van der Waals surface area contributed by atoms with Crippen LogP contribution in [0.4, 0.5) is 4.39 Å². The highest BCUT2D eigenvalue weighted by atomic mass is 35.5. The van der Waals surface area contributed by atoms with Crippen molar-refractivity contribution in [2.75, 3.05) is 39.3 Å². The van der Waals surface area contributed by atoms with Crippen molar-refractivity contribution in [1.82, 2.24) is 15.1 Å². The van der Waals surface area contributed by atoms with E-state index in [-0.39, 0.29) is 24.3 Å². The highest BCUT2D eigenvalue weighted by Gasteiger charge is 2.24. The van der Waals surface area contributed by atoms with Gasteiger partial charge in [0.05, 0.1) is 0 Å². The third kappa shape index (κ3) is 6.95. The summed E-state index contributed by atoms with van der Waals surface area (Å²) in [6, 6.07) is 12.1. The van der Waals surface area contributed by atoms with Gasteiger partial charge in [-0.15, -0.1) is 0 Å². The molecule has 0 aliphatic carbocycles. The number of amides is 3. The summed E-state index contributed by atoms with van der Waals surface area (Å²) in [7, 11) is 0. The Labute approximate surface area is 191 Å². The molecule has 0 unspecified atom stereocenters. The van der Waals surface area contributed by atoms with Crippen molar-refractivity contribution in [3.63, 3.8) is 0 Å². The normalized spacial score (nSPS) is 13.6. The summed E-state index contributed by atoms with van der Waals surface area (Å²) < 4.78 is 18.4. The molecule has 1 saturated heterocycles. The lowest BCUT2D eigenvalue weighted by molar-refractivity contribution is -0.140. The molecule has 1 aliphatic rings. The van der Waals surface area contributed by atoms with E-state index in [1.165, 1.54) is 24.3 Å². The van der Waals surface area contributed by atoms with Crippen LogP contribution in [-0.2, 0) is 9.59 Å². The molecule has 1 N–H and O–H groups in total. The maximum absolute atomic E-state index is 12.9. The zero-order chi connectivity index (χ0) is 22.9. The van der Waals surface area contributed by atoms with Crippen molar-refractivity contribution >= 4 is 29.3 Å². The van der Waals surface area contributed by atoms with Crippen molar-refractivity contribution in [3.8, 4) is 5.75 Å². The number of hydrogen-bond acceptors (Lipinski definition) is 4. The summed E-state index contributed by atoms with van der Waals surface area (Å²) in [5, 5.41) is 3.32. The molecule has 1 aliphatic heterocycles. The molecule has 0 spiro atoms. The minimum Gasteiger partial charge on any atom is -0.484 e. The molecule has 0 radical (unpaired) electrons. The van der Waals surface area contributed by atoms with E-state index in [0.29, 0.717) is 61.9 Å². The predicted molar refractivity (Wildman–Crippen MR) is 118 cm³/mol. The van der Waals surface area contributed by atoms with E-state index in [2.05, 4.69) is 5.32 Å². The van der Waals surface area contributed by atoms with E-state index in [9.17, 15) is 18.8 Å². The van der Waals surface area contributed by atoms with Gasteiger partial charge in [0.1, 0.15) is 11.6 Å². The maximum atomic E-state index is 12.9. The quantitative estimate of drug-likeness (QED) is 0.613. The Bertz CT molecular complexity index is 929. The molecule has 0 saturated carbocycles. The number of carbonyl (C=O) groups excluding carboxylic acids is 3. The Morgan fingerprint density at radius 1 is 0.906 bits per heavy atom. The largest absolute Gasteiger partial charge is 0.484 e.